The summed E-state index contributed by atoms with van der Waals surface area (Å²) in [6.45, 7) is 6.51. The number of thiazole rings is 1. The van der Waals surface area contributed by atoms with Gasteiger partial charge in [-0.05, 0) is 26.3 Å². The molecule has 0 radical (unpaired) electrons. The molecule has 0 fully saturated rings. The molecule has 3 aromatic heterocycles. The number of imidazole rings is 1. The minimum absolute atomic E-state index is 0.658. The molecule has 0 aliphatic heterocycles. The maximum absolute atomic E-state index is 4.55. The smallest absolute Gasteiger partial charge is 0.193 e. The van der Waals surface area contributed by atoms with E-state index in [0.717, 1.165) is 41.8 Å². The largest absolute Gasteiger partial charge is 0.356 e. The maximum Gasteiger partial charge on any atom is 0.193 e. The molecule has 0 aliphatic rings. The van der Waals surface area contributed by atoms with Crippen molar-refractivity contribution < 1.29 is 0 Å². The van der Waals surface area contributed by atoms with E-state index >= 15 is 0 Å². The Kier molecular flexibility index (Phi) is 5.14. The maximum atomic E-state index is 4.55. The van der Waals surface area contributed by atoms with E-state index in [1.54, 1.807) is 18.4 Å². The van der Waals surface area contributed by atoms with Crippen LogP contribution in [-0.2, 0) is 13.1 Å². The van der Waals surface area contributed by atoms with E-state index in [1.807, 2.05) is 33.8 Å². The van der Waals surface area contributed by atoms with Gasteiger partial charge in [0.25, 0.3) is 0 Å². The van der Waals surface area contributed by atoms with Gasteiger partial charge in [0, 0.05) is 43.6 Å². The zero-order chi connectivity index (χ0) is 16.9. The first kappa shape index (κ1) is 16.5. The first-order valence-electron chi connectivity index (χ1n) is 8.02. The number of aliphatic imine (C=N–C) groups is 1. The number of fused-ring (bicyclic) bond motifs is 1. The van der Waals surface area contributed by atoms with Gasteiger partial charge in [0.15, 0.2) is 10.9 Å². The van der Waals surface area contributed by atoms with Gasteiger partial charge in [-0.15, -0.1) is 11.3 Å². The molecule has 0 saturated heterocycles. The predicted octanol–water partition coefficient (Wildman–Crippen LogP) is 1.96. The van der Waals surface area contributed by atoms with Crippen LogP contribution in [0.25, 0.3) is 4.96 Å². The van der Waals surface area contributed by atoms with Crippen molar-refractivity contribution in [2.45, 2.75) is 33.4 Å². The first-order valence-corrected chi connectivity index (χ1v) is 8.90. The molecule has 7 nitrogen and oxygen atoms in total. The van der Waals surface area contributed by atoms with Crippen molar-refractivity contribution in [3.8, 4) is 0 Å². The van der Waals surface area contributed by atoms with Gasteiger partial charge in [-0.3, -0.25) is 14.1 Å². The predicted molar refractivity (Wildman–Crippen MR) is 97.6 cm³/mol. The summed E-state index contributed by atoms with van der Waals surface area (Å²) in [6.07, 6.45) is 5.04. The molecule has 0 atom stereocenters. The summed E-state index contributed by atoms with van der Waals surface area (Å²) in [4.78, 5) is 9.82. The summed E-state index contributed by atoms with van der Waals surface area (Å²) in [5, 5.41) is 13.1. The standard InChI is InChI=1S/C16H23N7S/c1-12-9-13(2)23(21-12)6-4-5-18-15(17-3)19-10-14-11-22-7-8-24-16(22)20-14/h7-9,11H,4-6,10H2,1-3H3,(H2,17,18,19). The summed E-state index contributed by atoms with van der Waals surface area (Å²) in [5.74, 6) is 0.791. The van der Waals surface area contributed by atoms with Gasteiger partial charge in [-0.1, -0.05) is 0 Å². The fourth-order valence-electron chi connectivity index (χ4n) is 2.59. The van der Waals surface area contributed by atoms with Crippen molar-refractivity contribution in [3.05, 3.63) is 40.9 Å². The summed E-state index contributed by atoms with van der Waals surface area (Å²) in [5.41, 5.74) is 3.28. The van der Waals surface area contributed by atoms with E-state index < -0.39 is 0 Å². The van der Waals surface area contributed by atoms with Crippen LogP contribution in [0.4, 0.5) is 0 Å². The average molecular weight is 345 g/mol. The molecule has 0 saturated carbocycles. The van der Waals surface area contributed by atoms with Crippen molar-refractivity contribution in [3.63, 3.8) is 0 Å². The molecule has 3 heterocycles. The molecule has 0 unspecified atom stereocenters. The quantitative estimate of drug-likeness (QED) is 0.407. The number of hydrogen-bond donors (Lipinski definition) is 2. The molecule has 0 spiro atoms. The van der Waals surface area contributed by atoms with Crippen LogP contribution in [0, 0.1) is 13.8 Å². The van der Waals surface area contributed by atoms with E-state index in [0.29, 0.717) is 6.54 Å². The van der Waals surface area contributed by atoms with Crippen molar-refractivity contribution in [1.29, 1.82) is 0 Å². The van der Waals surface area contributed by atoms with E-state index in [-0.39, 0.29) is 0 Å². The van der Waals surface area contributed by atoms with Gasteiger partial charge in [0.05, 0.1) is 17.9 Å². The number of nitrogens with one attached hydrogen (secondary N) is 2. The highest BCUT2D eigenvalue weighted by Crippen LogP contribution is 2.10. The van der Waals surface area contributed by atoms with Crippen molar-refractivity contribution in [2.24, 2.45) is 4.99 Å². The van der Waals surface area contributed by atoms with Gasteiger partial charge >= 0.3 is 0 Å². The lowest BCUT2D eigenvalue weighted by Gasteiger charge is -2.11. The third kappa shape index (κ3) is 3.94. The number of rotatable bonds is 6. The Bertz CT molecular complexity index is 798. The Morgan fingerprint density at radius 3 is 2.92 bits per heavy atom. The van der Waals surface area contributed by atoms with Crippen LogP contribution in [-0.4, -0.2) is 38.7 Å². The van der Waals surface area contributed by atoms with Crippen molar-refractivity contribution in [1.82, 2.24) is 29.8 Å². The lowest BCUT2D eigenvalue weighted by Crippen LogP contribution is -2.37. The Morgan fingerprint density at radius 2 is 2.21 bits per heavy atom. The Morgan fingerprint density at radius 1 is 1.33 bits per heavy atom. The zero-order valence-electron chi connectivity index (χ0n) is 14.3. The molecule has 8 heteroatoms. The molecule has 0 bridgehead atoms. The fraction of sp³-hybridized carbons (Fsp3) is 0.438. The van der Waals surface area contributed by atoms with Crippen LogP contribution in [0.1, 0.15) is 23.5 Å². The summed E-state index contributed by atoms with van der Waals surface area (Å²) in [7, 11) is 1.78. The monoisotopic (exact) mass is 345 g/mol. The molecule has 3 rings (SSSR count). The number of aryl methyl sites for hydroxylation is 3. The Hall–Kier alpha value is -2.35. The molecule has 128 valence electrons. The summed E-state index contributed by atoms with van der Waals surface area (Å²) >= 11 is 1.64. The topological polar surface area (TPSA) is 71.5 Å². The minimum Gasteiger partial charge on any atom is -0.356 e. The number of nitrogens with zero attached hydrogens (tertiary/aromatic N) is 5. The minimum atomic E-state index is 0.658. The van der Waals surface area contributed by atoms with E-state index in [2.05, 4.69) is 38.7 Å². The summed E-state index contributed by atoms with van der Waals surface area (Å²) in [6, 6.07) is 2.10. The van der Waals surface area contributed by atoms with Crippen molar-refractivity contribution in [2.75, 3.05) is 13.6 Å². The van der Waals surface area contributed by atoms with Gasteiger partial charge < -0.3 is 10.6 Å². The van der Waals surface area contributed by atoms with Gasteiger partial charge in [-0.25, -0.2) is 4.98 Å². The van der Waals surface area contributed by atoms with Gasteiger partial charge in [0.2, 0.25) is 0 Å². The highest BCUT2D eigenvalue weighted by Gasteiger charge is 2.04. The van der Waals surface area contributed by atoms with E-state index in [1.165, 1.54) is 5.69 Å². The third-order valence-electron chi connectivity index (χ3n) is 3.75. The molecular weight excluding hydrogens is 322 g/mol. The van der Waals surface area contributed by atoms with E-state index in [4.69, 9.17) is 0 Å². The van der Waals surface area contributed by atoms with Crippen LogP contribution in [0.15, 0.2) is 28.8 Å². The highest BCUT2D eigenvalue weighted by molar-refractivity contribution is 7.15. The van der Waals surface area contributed by atoms with Crippen LogP contribution < -0.4 is 10.6 Å². The second-order valence-corrected chi connectivity index (χ2v) is 6.55. The molecule has 24 heavy (non-hydrogen) atoms. The van der Waals surface area contributed by atoms with Crippen LogP contribution in [0.3, 0.4) is 0 Å². The first-order chi connectivity index (χ1) is 11.7. The molecule has 0 amide bonds. The number of guanidine groups is 1. The van der Waals surface area contributed by atoms with Crippen LogP contribution in [0.5, 0.6) is 0 Å². The van der Waals surface area contributed by atoms with E-state index in [9.17, 15) is 0 Å². The van der Waals surface area contributed by atoms with Gasteiger partial charge in [0.1, 0.15) is 0 Å². The molecule has 0 aliphatic carbocycles. The van der Waals surface area contributed by atoms with Crippen LogP contribution in [0.2, 0.25) is 0 Å². The fourth-order valence-corrected chi connectivity index (χ4v) is 3.31. The second-order valence-electron chi connectivity index (χ2n) is 5.68. The van der Waals surface area contributed by atoms with Crippen LogP contribution >= 0.6 is 11.3 Å². The Labute approximate surface area is 145 Å². The summed E-state index contributed by atoms with van der Waals surface area (Å²) < 4.78 is 4.08. The Balaban J connectivity index is 1.41. The molecule has 3 aromatic rings. The number of aromatic nitrogens is 4. The SMILES string of the molecule is CN=C(NCCCn1nc(C)cc1C)NCc1cn2ccsc2n1. The normalized spacial score (nSPS) is 12.0. The third-order valence-corrected chi connectivity index (χ3v) is 4.52. The average Bonchev–Trinajstić information content (AvgIpc) is 3.21. The number of hydrogen-bond acceptors (Lipinski definition) is 4. The highest BCUT2D eigenvalue weighted by atomic mass is 32.1. The molecule has 2 N–H and O–H groups in total. The molecular formula is C16H23N7S. The van der Waals surface area contributed by atoms with Gasteiger partial charge in [-0.2, -0.15) is 5.10 Å². The molecule has 0 aromatic carbocycles. The lowest BCUT2D eigenvalue weighted by atomic mass is 10.4. The lowest BCUT2D eigenvalue weighted by molar-refractivity contribution is 0.555. The zero-order valence-corrected chi connectivity index (χ0v) is 15.1. The van der Waals surface area contributed by atoms with Crippen molar-refractivity contribution >= 4 is 22.3 Å². The second kappa shape index (κ2) is 7.48.